The third kappa shape index (κ3) is 24.5. The number of nitrogens with zero attached hydrogens (tertiary/aromatic N) is 6. The summed E-state index contributed by atoms with van der Waals surface area (Å²) >= 11 is 0.562. The number of unbranched alkanes of at least 4 members (excludes halogenated alkanes) is 11. The Morgan fingerprint density at radius 2 is 1.36 bits per heavy atom. The average molecular weight is 1840 g/mol. The number of esters is 1. The maximum Gasteiger partial charge on any atom is 0.472 e. The van der Waals surface area contributed by atoms with Crippen LogP contribution in [0, 0.1) is 43.3 Å². The number of likely N-dealkylation sites (tertiary alicyclic amines) is 1. The molecule has 116 heavy (non-hydrogen) atoms. The third-order valence-corrected chi connectivity index (χ3v) is 23.7. The Labute approximate surface area is 693 Å². The number of benzene rings is 3. The molecule has 637 valence electrons. The Morgan fingerprint density at radius 3 is 2.05 bits per heavy atom. The van der Waals surface area contributed by atoms with E-state index in [0.717, 1.165) is 87.3 Å². The van der Waals surface area contributed by atoms with E-state index in [-0.39, 0.29) is 139 Å². The summed E-state index contributed by atoms with van der Waals surface area (Å²) in [6.45, 7) is -5.80. The van der Waals surface area contributed by atoms with E-state index in [9.17, 15) is 73.0 Å². The van der Waals surface area contributed by atoms with Crippen LogP contribution in [0.4, 0.5) is 25.1 Å². The summed E-state index contributed by atoms with van der Waals surface area (Å²) in [6, 6.07) is 17.6. The largest absolute Gasteiger partial charge is 0.494 e. The number of imidazole rings is 1. The van der Waals surface area contributed by atoms with E-state index in [1.807, 2.05) is 4.98 Å². The van der Waals surface area contributed by atoms with E-state index in [1.54, 1.807) is 36.4 Å². The first-order valence-electron chi connectivity index (χ1n) is 37.2. The molecular formula is C72H88F2N11O27P2STm-. The number of alkyl halides is 2. The van der Waals surface area contributed by atoms with E-state index >= 15 is 13.3 Å². The molecule has 44 heteroatoms. The first kappa shape index (κ1) is 90.2. The van der Waals surface area contributed by atoms with E-state index in [0.29, 0.717) is 71.7 Å². The van der Waals surface area contributed by atoms with Crippen molar-refractivity contribution in [1.82, 2.24) is 44.6 Å². The summed E-state index contributed by atoms with van der Waals surface area (Å²) < 4.78 is 126. The van der Waals surface area contributed by atoms with E-state index in [4.69, 9.17) is 57.0 Å². The number of phosphoric ester groups is 1. The SMILES string of the molecule is Nc1ncnc2c1ncn2[C@@H]1O[C@@H]2COP(=O)(SCc3ccc(OC(=O)c4ccc(OCCCCCCCCCCCCNC(=O)OCc5ccc(O[C@H]6O[C@@H](C(=O)O)[C@H](O)[C@@H](O)[C@@H]6O)c(NC(=O)CCNC(=O)CCCCCN6C(=O)[CH-]CC6=O)c5)cc4)cc3)O[C@H]3[C@@H](F)[C@H](n4ccc(=O)[nH]c4=O)O[C@@H]3COP(=O)(O)O[C@H]2[C@H]1F.[Tm]. The second-order valence-electron chi connectivity index (χ2n) is 27.4. The van der Waals surface area contributed by atoms with Gasteiger partial charge in [0.1, 0.15) is 78.4 Å². The number of carboxylic acids is 1. The van der Waals surface area contributed by atoms with Gasteiger partial charge < -0.3 is 89.9 Å². The fourth-order valence-corrected chi connectivity index (χ4v) is 17.3. The Hall–Kier alpha value is -8.09. The molecule has 15 atom stereocenters. The van der Waals surface area contributed by atoms with Crippen molar-refractivity contribution in [3.05, 3.63) is 136 Å². The summed E-state index contributed by atoms with van der Waals surface area (Å²) in [6.07, 6.45) is -10.1. The quantitative estimate of drug-likeness (QED) is 0.00534. The van der Waals surface area contributed by atoms with Crippen molar-refractivity contribution in [3.8, 4) is 17.2 Å². The first-order valence-corrected chi connectivity index (χ1v) is 41.8. The number of imide groups is 1. The van der Waals surface area contributed by atoms with Gasteiger partial charge in [0.05, 0.1) is 43.3 Å². The zero-order chi connectivity index (χ0) is 81.9. The molecule has 0 saturated carbocycles. The number of nitrogen functional groups attached to an aromatic ring is 1. The number of hydrogen-bond donors (Lipinski definition) is 10. The Morgan fingerprint density at radius 1 is 0.707 bits per heavy atom. The van der Waals surface area contributed by atoms with Crippen molar-refractivity contribution in [2.24, 2.45) is 0 Å². The number of H-pyrrole nitrogens is 1. The molecule has 0 bridgehead atoms. The number of fused-ring (bicyclic) bond motifs is 3. The molecule has 2 unspecified atom stereocenters. The van der Waals surface area contributed by atoms with Crippen LogP contribution in [0.25, 0.3) is 11.2 Å². The van der Waals surface area contributed by atoms with Crippen LogP contribution in [-0.4, -0.2) is 208 Å². The number of aliphatic hydroxyl groups excluding tert-OH is 3. The average Bonchev–Trinajstić information content (AvgIpc) is 1.59. The minimum atomic E-state index is -5.29. The van der Waals surface area contributed by atoms with Crippen LogP contribution in [0.3, 0.4) is 0 Å². The van der Waals surface area contributed by atoms with Gasteiger partial charge in [-0.15, -0.1) is 0 Å². The van der Waals surface area contributed by atoms with Crippen LogP contribution in [-0.2, 0) is 82.5 Å². The number of phosphoric acid groups is 1. The first-order chi connectivity index (χ1) is 55.2. The second kappa shape index (κ2) is 42.5. The molecule has 3 aromatic heterocycles. The Bertz CT molecular complexity index is 4600. The number of nitrogens with two attached hydrogens (primary N) is 1. The van der Waals surface area contributed by atoms with Crippen LogP contribution in [0.15, 0.2) is 101 Å². The van der Waals surface area contributed by atoms with Gasteiger partial charge in [0.15, 0.2) is 48.3 Å². The number of ether oxygens (including phenoxy) is 7. The van der Waals surface area contributed by atoms with Gasteiger partial charge in [-0.3, -0.25) is 57.8 Å². The fourth-order valence-electron chi connectivity index (χ4n) is 12.9. The van der Waals surface area contributed by atoms with Crippen molar-refractivity contribution in [2.45, 2.75) is 195 Å². The number of aromatic amines is 1. The fraction of sp³-hybridized carbons (Fsp3) is 0.514. The van der Waals surface area contributed by atoms with Gasteiger partial charge in [-0.25, -0.2) is 52.0 Å². The number of nitrogens with one attached hydrogen (secondary N) is 4. The minimum absolute atomic E-state index is 0. The summed E-state index contributed by atoms with van der Waals surface area (Å²) in [4.78, 5) is 138. The molecule has 11 N–H and O–H groups in total. The maximum atomic E-state index is 16.7. The Kier molecular flexibility index (Phi) is 33.1. The number of alkyl carbamates (subject to hydrolysis) is 1. The van der Waals surface area contributed by atoms with Gasteiger partial charge >= 0.3 is 38.3 Å². The molecule has 11 rings (SSSR count). The number of carboxylic acid groups (broad SMARTS) is 1. The van der Waals surface area contributed by atoms with E-state index in [1.165, 1.54) is 41.7 Å². The summed E-state index contributed by atoms with van der Waals surface area (Å²) in [5.41, 5.74) is 5.21. The van der Waals surface area contributed by atoms with Gasteiger partial charge in [0, 0.05) is 87.4 Å². The molecule has 6 aromatic rings. The molecule has 5 aliphatic rings. The molecular weight excluding hydrogens is 1750 g/mol. The van der Waals surface area contributed by atoms with Crippen molar-refractivity contribution >= 4 is 90.3 Å². The number of carbonyl (C=O) groups is 7. The number of anilines is 2. The van der Waals surface area contributed by atoms with Gasteiger partial charge in [0.2, 0.25) is 18.1 Å². The van der Waals surface area contributed by atoms with E-state index < -0.39 is 143 Å². The smallest absolute Gasteiger partial charge is 0.472 e. The number of aliphatic hydroxyl groups is 3. The molecule has 0 aliphatic carbocycles. The third-order valence-electron chi connectivity index (χ3n) is 19.1. The van der Waals surface area contributed by atoms with Gasteiger partial charge in [-0.05, 0) is 96.7 Å². The number of halogens is 2. The second-order valence-corrected chi connectivity index (χ2v) is 32.9. The molecule has 38 nitrogen and oxygen atoms in total. The van der Waals surface area contributed by atoms with Gasteiger partial charge in [-0.2, -0.15) is 0 Å². The molecule has 5 saturated heterocycles. The number of hydrogen-bond acceptors (Lipinski definition) is 30. The van der Waals surface area contributed by atoms with Crippen LogP contribution in [0.5, 0.6) is 17.2 Å². The molecule has 5 fully saturated rings. The summed E-state index contributed by atoms with van der Waals surface area (Å²) in [7, 11) is -5.29. The normalized spacial score (nSPS) is 25.9. The number of carbonyl (C=O) groups excluding carboxylic acids is 6. The van der Waals surface area contributed by atoms with Gasteiger partial charge in [-0.1, -0.05) is 82.4 Å². The number of aromatic nitrogens is 6. The monoisotopic (exact) mass is 1840 g/mol. The number of rotatable bonds is 36. The summed E-state index contributed by atoms with van der Waals surface area (Å²) in [5, 5.41) is 48.7. The van der Waals surface area contributed by atoms with Crippen molar-refractivity contribution in [3.63, 3.8) is 0 Å². The molecule has 8 heterocycles. The van der Waals surface area contributed by atoms with Crippen LogP contribution in [0.1, 0.15) is 137 Å². The van der Waals surface area contributed by atoms with E-state index in [2.05, 4.69) is 30.9 Å². The minimum Gasteiger partial charge on any atom is -0.494 e. The van der Waals surface area contributed by atoms with Crippen LogP contribution >= 0.6 is 26.0 Å². The predicted molar refractivity (Wildman–Crippen MR) is 398 cm³/mol. The predicted octanol–water partition coefficient (Wildman–Crippen LogP) is 6.05. The Balaban J connectivity index is 0.0000142. The molecule has 0 spiro atoms. The molecule has 5 aliphatic heterocycles. The summed E-state index contributed by atoms with van der Waals surface area (Å²) in [5.74, 6) is -3.47. The standard InChI is InChI=1S/C72H88F2N11O27P2S.Tm/c73-55-61-49(108-67(55)85-40-80-57-64(75)78-39-79-65(57)85)37-105-114(101,112-62-48(36-104-113(99,100)111-61)107-66(56(62)74)84-32-28-52(88)82-71(84)97)115-38-41-15-20-45(21-16-41)106-69(96)43-18-22-44(23-19-43)102-33-13-8-6-4-2-1-3-5-7-11-29-77-72(98)103-35-42-17-24-47(109-70-60(93)58(91)59(92)63(110-70)68(94)95)46(34-42)81-51(87)27-30-76-50(86)14-10-9-12-31-83-53(89)25-26-54(83)90;/h15-25,28,32,34,39-40,48-49,55-56,58-63,66-67,70,91-93H,1-14,26-27,29-31,33,35-38H2,(H,76,86)(H,77,98)(H,81,87)(H,94,95)(H,99,100)(H2,75,78,79)(H,82,88,97);/q-1;/t48-,49-,55-,56-,58-,59-,60+,61-,62-,63-,66-,67-,70+,114?;/m1./s1. The van der Waals surface area contributed by atoms with Crippen molar-refractivity contribution < 1.29 is 165 Å². The zero-order valence-corrected chi connectivity index (χ0v) is 66.4. The van der Waals surface area contributed by atoms with Crippen molar-refractivity contribution in [1.29, 1.82) is 0 Å². The van der Waals surface area contributed by atoms with Crippen molar-refractivity contribution in [2.75, 3.05) is 50.5 Å². The topological polar surface area (TPSA) is 520 Å². The molecule has 1 radical (unpaired) electrons. The zero-order valence-electron chi connectivity index (χ0n) is 62.0. The maximum absolute atomic E-state index is 16.7. The van der Waals surface area contributed by atoms with Crippen LogP contribution < -0.4 is 47.1 Å². The number of amides is 5. The number of aliphatic carboxylic acids is 1. The molecule has 3 aromatic carbocycles. The van der Waals surface area contributed by atoms with Crippen LogP contribution in [0.2, 0.25) is 0 Å². The molecule has 5 amide bonds. The van der Waals surface area contributed by atoms with Gasteiger partial charge in [0.25, 0.3) is 5.56 Å².